The van der Waals surface area contributed by atoms with Crippen LogP contribution in [0.15, 0.2) is 23.3 Å². The van der Waals surface area contributed by atoms with Crippen LogP contribution >= 0.6 is 0 Å². The first-order chi connectivity index (χ1) is 11.1. The van der Waals surface area contributed by atoms with E-state index in [1.165, 1.54) is 24.3 Å². The minimum Gasteiger partial charge on any atom is -0.493 e. The molecule has 3 nitrogen and oxygen atoms in total. The number of benzene rings is 1. The van der Waals surface area contributed by atoms with Gasteiger partial charge in [-0.3, -0.25) is 4.79 Å². The highest BCUT2D eigenvalue weighted by atomic mass is 19.2. The number of ether oxygens (including phenoxy) is 2. The van der Waals surface area contributed by atoms with Gasteiger partial charge < -0.3 is 9.47 Å². The Balaban J connectivity index is 2.00. The fourth-order valence-corrected chi connectivity index (χ4v) is 3.47. The molecule has 1 aromatic rings. The van der Waals surface area contributed by atoms with Crippen molar-refractivity contribution < 1.29 is 23.0 Å². The van der Waals surface area contributed by atoms with Gasteiger partial charge in [-0.1, -0.05) is 17.2 Å². The van der Waals surface area contributed by atoms with Gasteiger partial charge in [0.25, 0.3) is 0 Å². The van der Waals surface area contributed by atoms with Crippen LogP contribution < -0.4 is 4.74 Å². The van der Waals surface area contributed by atoms with Crippen LogP contribution in [0.4, 0.5) is 8.78 Å². The Morgan fingerprint density at radius 1 is 1.22 bits per heavy atom. The first-order valence-electron chi connectivity index (χ1n) is 7.95. The molecule has 2 aliphatic carbocycles. The van der Waals surface area contributed by atoms with Crippen LogP contribution in [0.3, 0.4) is 0 Å². The molecule has 0 radical (unpaired) electrons. The predicted octanol–water partition coefficient (Wildman–Crippen LogP) is 4.12. The molecule has 0 aromatic heterocycles. The molecule has 124 valence electrons. The van der Waals surface area contributed by atoms with E-state index in [2.05, 4.69) is 0 Å². The lowest BCUT2D eigenvalue weighted by molar-refractivity contribution is -0.148. The Bertz CT molecular complexity index is 660. The van der Waals surface area contributed by atoms with Gasteiger partial charge in [-0.05, 0) is 38.7 Å². The molecule has 0 spiro atoms. The average Bonchev–Trinajstić information content (AvgIpc) is 3.29. The van der Waals surface area contributed by atoms with Crippen molar-refractivity contribution in [2.45, 2.75) is 38.5 Å². The molecule has 0 amide bonds. The van der Waals surface area contributed by atoms with Crippen molar-refractivity contribution in [2.24, 2.45) is 5.92 Å². The number of halogens is 2. The molecule has 2 fully saturated rings. The molecule has 2 unspecified atom stereocenters. The Hall–Kier alpha value is -1.91. The maximum absolute atomic E-state index is 14.0. The van der Waals surface area contributed by atoms with Crippen molar-refractivity contribution in [1.29, 1.82) is 0 Å². The minimum atomic E-state index is -1.000. The number of esters is 1. The van der Waals surface area contributed by atoms with Gasteiger partial charge in [-0.15, -0.1) is 0 Å². The lowest BCUT2D eigenvalue weighted by atomic mass is 9.88. The van der Waals surface area contributed by atoms with E-state index in [9.17, 15) is 13.6 Å². The quantitative estimate of drug-likeness (QED) is 0.618. The van der Waals surface area contributed by atoms with Crippen molar-refractivity contribution >= 4 is 5.97 Å². The lowest BCUT2D eigenvalue weighted by Gasteiger charge is -2.20. The van der Waals surface area contributed by atoms with E-state index in [1.54, 1.807) is 6.92 Å². The van der Waals surface area contributed by atoms with Gasteiger partial charge >= 0.3 is 5.97 Å². The molecule has 2 aliphatic rings. The molecule has 5 heteroatoms. The molecule has 0 N–H and O–H groups in total. The van der Waals surface area contributed by atoms with Gasteiger partial charge in [0.1, 0.15) is 0 Å². The molecule has 2 atom stereocenters. The van der Waals surface area contributed by atoms with E-state index in [1.807, 2.05) is 0 Å². The smallest absolute Gasteiger partial charge is 0.309 e. The highest BCUT2D eigenvalue weighted by molar-refractivity contribution is 5.75. The zero-order valence-corrected chi connectivity index (χ0v) is 13.3. The molecule has 1 aromatic carbocycles. The third kappa shape index (κ3) is 2.96. The standard InChI is InChI=1S/C18H20F2O3/c1-3-23-18(21)14-9-11(10-4-5-10)8-13(14)12-6-7-15(19)16(20)17(12)22-2/h6-7,13-14H,3-5,8-9H2,1-2H3. The summed E-state index contributed by atoms with van der Waals surface area (Å²) in [7, 11) is 1.32. The number of rotatable bonds is 4. The third-order valence-electron chi connectivity index (χ3n) is 4.69. The summed E-state index contributed by atoms with van der Waals surface area (Å²) >= 11 is 0. The monoisotopic (exact) mass is 322 g/mol. The summed E-state index contributed by atoms with van der Waals surface area (Å²) in [6.07, 6.45) is 3.47. The van der Waals surface area contributed by atoms with Crippen LogP contribution in [-0.4, -0.2) is 19.7 Å². The van der Waals surface area contributed by atoms with Crippen molar-refractivity contribution in [1.82, 2.24) is 0 Å². The van der Waals surface area contributed by atoms with Crippen LogP contribution in [0, 0.1) is 17.6 Å². The Morgan fingerprint density at radius 3 is 2.57 bits per heavy atom. The van der Waals surface area contributed by atoms with E-state index in [-0.39, 0.29) is 23.6 Å². The molecule has 2 saturated carbocycles. The second-order valence-corrected chi connectivity index (χ2v) is 6.06. The normalized spacial score (nSPS) is 23.1. The number of hydrogen-bond acceptors (Lipinski definition) is 3. The second-order valence-electron chi connectivity index (χ2n) is 6.06. The van der Waals surface area contributed by atoms with Gasteiger partial charge in [-0.25, -0.2) is 4.39 Å². The van der Waals surface area contributed by atoms with Crippen LogP contribution in [0.25, 0.3) is 0 Å². The van der Waals surface area contributed by atoms with Gasteiger partial charge in [0.2, 0.25) is 5.82 Å². The molecule has 23 heavy (non-hydrogen) atoms. The summed E-state index contributed by atoms with van der Waals surface area (Å²) in [5.74, 6) is -2.93. The van der Waals surface area contributed by atoms with E-state index in [4.69, 9.17) is 9.47 Å². The summed E-state index contributed by atoms with van der Waals surface area (Å²) in [4.78, 5) is 12.3. The fraction of sp³-hybridized carbons (Fsp3) is 0.500. The largest absolute Gasteiger partial charge is 0.493 e. The maximum atomic E-state index is 14.0. The topological polar surface area (TPSA) is 35.5 Å². The number of carbonyl (C=O) groups excluding carboxylic acids is 1. The molecule has 0 heterocycles. The van der Waals surface area contributed by atoms with Crippen LogP contribution in [0.2, 0.25) is 0 Å². The molecule has 0 aliphatic heterocycles. The number of allylic oxidation sites excluding steroid dienone is 2. The summed E-state index contributed by atoms with van der Waals surface area (Å²) in [5.41, 5.74) is 3.20. The lowest BCUT2D eigenvalue weighted by Crippen LogP contribution is -2.21. The summed E-state index contributed by atoms with van der Waals surface area (Å²) in [6, 6.07) is 2.62. The molecule has 0 saturated heterocycles. The second kappa shape index (κ2) is 6.30. The van der Waals surface area contributed by atoms with Crippen LogP contribution in [0.5, 0.6) is 5.75 Å². The van der Waals surface area contributed by atoms with Crippen molar-refractivity contribution in [2.75, 3.05) is 13.7 Å². The molecule has 3 rings (SSSR count). The van der Waals surface area contributed by atoms with Gasteiger partial charge in [0, 0.05) is 11.5 Å². The van der Waals surface area contributed by atoms with E-state index in [0.29, 0.717) is 25.0 Å². The summed E-state index contributed by atoms with van der Waals surface area (Å²) in [6.45, 7) is 2.07. The third-order valence-corrected chi connectivity index (χ3v) is 4.69. The van der Waals surface area contributed by atoms with Crippen molar-refractivity contribution in [3.63, 3.8) is 0 Å². The Labute approximate surface area is 134 Å². The van der Waals surface area contributed by atoms with E-state index in [0.717, 1.165) is 18.9 Å². The summed E-state index contributed by atoms with van der Waals surface area (Å²) < 4.78 is 37.8. The maximum Gasteiger partial charge on any atom is 0.309 e. The Morgan fingerprint density at radius 2 is 1.96 bits per heavy atom. The van der Waals surface area contributed by atoms with E-state index >= 15 is 0 Å². The number of carbonyl (C=O) groups is 1. The molecule has 0 bridgehead atoms. The van der Waals surface area contributed by atoms with Crippen LogP contribution in [-0.2, 0) is 9.53 Å². The fourth-order valence-electron chi connectivity index (χ4n) is 3.47. The average molecular weight is 322 g/mol. The minimum absolute atomic E-state index is 0.105. The van der Waals surface area contributed by atoms with Gasteiger partial charge in [-0.2, -0.15) is 4.39 Å². The highest BCUT2D eigenvalue weighted by Gasteiger charge is 2.41. The van der Waals surface area contributed by atoms with Crippen molar-refractivity contribution in [3.8, 4) is 5.75 Å². The first-order valence-corrected chi connectivity index (χ1v) is 7.95. The summed E-state index contributed by atoms with van der Waals surface area (Å²) in [5, 5.41) is 0. The molecular weight excluding hydrogens is 302 g/mol. The predicted molar refractivity (Wildman–Crippen MR) is 81.3 cm³/mol. The number of methoxy groups -OCH3 is 1. The van der Waals surface area contributed by atoms with E-state index < -0.39 is 11.6 Å². The van der Waals surface area contributed by atoms with Gasteiger partial charge in [0.15, 0.2) is 11.6 Å². The first kappa shape index (κ1) is 16.0. The Kier molecular flexibility index (Phi) is 4.37. The van der Waals surface area contributed by atoms with Gasteiger partial charge in [0.05, 0.1) is 19.6 Å². The number of hydrogen-bond donors (Lipinski definition) is 0. The molecular formula is C18H20F2O3. The zero-order valence-electron chi connectivity index (χ0n) is 13.3. The zero-order chi connectivity index (χ0) is 16.6. The highest BCUT2D eigenvalue weighted by Crippen LogP contribution is 2.51. The van der Waals surface area contributed by atoms with Crippen molar-refractivity contribution in [3.05, 3.63) is 40.5 Å². The SMILES string of the molecule is CCOC(=O)C1CC(=C2CC2)CC1c1ccc(F)c(F)c1OC. The van der Waals surface area contributed by atoms with Crippen LogP contribution in [0.1, 0.15) is 44.1 Å².